The number of carbonyl (C=O) groups is 3. The molecule has 0 bridgehead atoms. The van der Waals surface area contributed by atoms with E-state index in [4.69, 9.17) is 9.47 Å². The predicted molar refractivity (Wildman–Crippen MR) is 108 cm³/mol. The van der Waals surface area contributed by atoms with E-state index in [0.29, 0.717) is 6.42 Å². The van der Waals surface area contributed by atoms with Crippen molar-refractivity contribution in [2.45, 2.75) is 45.6 Å². The zero-order chi connectivity index (χ0) is 21.1. The van der Waals surface area contributed by atoms with Crippen LogP contribution in [0.5, 0.6) is 0 Å². The summed E-state index contributed by atoms with van der Waals surface area (Å²) in [5.41, 5.74) is 1.70. The van der Waals surface area contributed by atoms with E-state index in [9.17, 15) is 14.4 Å². The summed E-state index contributed by atoms with van der Waals surface area (Å²) in [6, 6.07) is 16.8. The van der Waals surface area contributed by atoms with Gasteiger partial charge in [-0.25, -0.2) is 9.59 Å². The Labute approximate surface area is 170 Å². The quantitative estimate of drug-likeness (QED) is 0.634. The Hall–Kier alpha value is -3.35. The molecule has 2 aromatic rings. The van der Waals surface area contributed by atoms with Crippen molar-refractivity contribution < 1.29 is 23.9 Å². The molecule has 7 nitrogen and oxygen atoms in total. The summed E-state index contributed by atoms with van der Waals surface area (Å²) in [6.07, 6.45) is -0.346. The van der Waals surface area contributed by atoms with Crippen LogP contribution in [-0.4, -0.2) is 30.1 Å². The fraction of sp³-hybridized carbons (Fsp3) is 0.318. The van der Waals surface area contributed by atoms with Gasteiger partial charge in [-0.1, -0.05) is 67.6 Å². The molecule has 0 heterocycles. The summed E-state index contributed by atoms with van der Waals surface area (Å²) >= 11 is 0. The molecule has 154 valence electrons. The van der Waals surface area contributed by atoms with Crippen molar-refractivity contribution in [1.29, 1.82) is 0 Å². The van der Waals surface area contributed by atoms with Gasteiger partial charge >= 0.3 is 12.1 Å². The van der Waals surface area contributed by atoms with Gasteiger partial charge in [0.15, 0.2) is 0 Å². The van der Waals surface area contributed by atoms with Crippen LogP contribution in [0.1, 0.15) is 31.4 Å². The third-order valence-electron chi connectivity index (χ3n) is 4.17. The summed E-state index contributed by atoms with van der Waals surface area (Å²) in [7, 11) is 0. The van der Waals surface area contributed by atoms with Crippen molar-refractivity contribution in [3.63, 3.8) is 0 Å². The maximum atomic E-state index is 12.3. The van der Waals surface area contributed by atoms with Crippen molar-refractivity contribution in [2.24, 2.45) is 0 Å². The standard InChI is InChI=1S/C22H26N2O5/c1-3-19(21(26)28-14-17-10-6-4-7-11-17)24-20(25)16(2)23-22(27)29-15-18-12-8-5-9-13-18/h4-13,16,19H,3,14-15H2,1-2H3,(H,23,27)(H,24,25). The molecule has 0 aliphatic heterocycles. The van der Waals surface area contributed by atoms with Crippen LogP contribution in [0.4, 0.5) is 4.79 Å². The van der Waals surface area contributed by atoms with E-state index in [1.54, 1.807) is 6.92 Å². The lowest BCUT2D eigenvalue weighted by Gasteiger charge is -2.19. The van der Waals surface area contributed by atoms with Gasteiger partial charge in [0, 0.05) is 0 Å². The van der Waals surface area contributed by atoms with Crippen LogP contribution in [0.25, 0.3) is 0 Å². The van der Waals surface area contributed by atoms with E-state index in [1.807, 2.05) is 60.7 Å². The number of ether oxygens (including phenoxy) is 2. The van der Waals surface area contributed by atoms with Crippen molar-refractivity contribution in [1.82, 2.24) is 10.6 Å². The molecule has 7 heteroatoms. The molecule has 0 fully saturated rings. The molecule has 0 saturated carbocycles. The number of alkyl carbamates (subject to hydrolysis) is 1. The topological polar surface area (TPSA) is 93.7 Å². The molecule has 2 rings (SSSR count). The van der Waals surface area contributed by atoms with Gasteiger partial charge in [0.1, 0.15) is 25.3 Å². The Bertz CT molecular complexity index is 795. The molecule has 2 unspecified atom stereocenters. The second-order valence-electron chi connectivity index (χ2n) is 6.49. The minimum Gasteiger partial charge on any atom is -0.459 e. The van der Waals surface area contributed by atoms with Crippen LogP contribution in [0.15, 0.2) is 60.7 Å². The third-order valence-corrected chi connectivity index (χ3v) is 4.17. The summed E-state index contributed by atoms with van der Waals surface area (Å²) < 4.78 is 10.4. The van der Waals surface area contributed by atoms with E-state index in [1.165, 1.54) is 6.92 Å². The van der Waals surface area contributed by atoms with E-state index in [0.717, 1.165) is 11.1 Å². The highest BCUT2D eigenvalue weighted by Crippen LogP contribution is 2.04. The second-order valence-corrected chi connectivity index (χ2v) is 6.49. The molecule has 0 aliphatic rings. The maximum Gasteiger partial charge on any atom is 0.408 e. The summed E-state index contributed by atoms with van der Waals surface area (Å²) in [5.74, 6) is -1.02. The first kappa shape index (κ1) is 21.9. The summed E-state index contributed by atoms with van der Waals surface area (Å²) in [5, 5.41) is 5.05. The van der Waals surface area contributed by atoms with Gasteiger partial charge in [-0.05, 0) is 24.5 Å². The first-order chi connectivity index (χ1) is 14.0. The summed E-state index contributed by atoms with van der Waals surface area (Å²) in [4.78, 5) is 36.4. The average Bonchev–Trinajstić information content (AvgIpc) is 2.75. The zero-order valence-electron chi connectivity index (χ0n) is 16.6. The molecule has 0 radical (unpaired) electrons. The SMILES string of the molecule is CCC(NC(=O)C(C)NC(=O)OCc1ccccc1)C(=O)OCc1ccccc1. The fourth-order valence-corrected chi connectivity index (χ4v) is 2.46. The first-order valence-corrected chi connectivity index (χ1v) is 9.47. The van der Waals surface area contributed by atoms with Crippen LogP contribution in [0, 0.1) is 0 Å². The van der Waals surface area contributed by atoms with Crippen molar-refractivity contribution in [2.75, 3.05) is 0 Å². The second kappa shape index (κ2) is 11.5. The third kappa shape index (κ3) is 7.65. The van der Waals surface area contributed by atoms with Crippen LogP contribution in [-0.2, 0) is 32.3 Å². The number of nitrogens with one attached hydrogen (secondary N) is 2. The van der Waals surface area contributed by atoms with E-state index in [-0.39, 0.29) is 13.2 Å². The normalized spacial score (nSPS) is 12.3. The number of amides is 2. The Morgan fingerprint density at radius 3 is 1.86 bits per heavy atom. The van der Waals surface area contributed by atoms with Crippen LogP contribution < -0.4 is 10.6 Å². The zero-order valence-corrected chi connectivity index (χ0v) is 16.6. The molecule has 2 aromatic carbocycles. The van der Waals surface area contributed by atoms with Gasteiger partial charge < -0.3 is 20.1 Å². The molecule has 0 aromatic heterocycles. The minimum atomic E-state index is -0.866. The van der Waals surface area contributed by atoms with Gasteiger partial charge in [-0.2, -0.15) is 0 Å². The van der Waals surface area contributed by atoms with Crippen LogP contribution >= 0.6 is 0 Å². The molecular formula is C22H26N2O5. The van der Waals surface area contributed by atoms with Gasteiger partial charge in [-0.3, -0.25) is 4.79 Å². The number of hydrogen-bond acceptors (Lipinski definition) is 5. The monoisotopic (exact) mass is 398 g/mol. The molecule has 0 spiro atoms. The van der Waals surface area contributed by atoms with Crippen molar-refractivity contribution >= 4 is 18.0 Å². The maximum absolute atomic E-state index is 12.3. The lowest BCUT2D eigenvalue weighted by Crippen LogP contribution is -2.50. The fourth-order valence-electron chi connectivity index (χ4n) is 2.46. The molecule has 2 atom stereocenters. The highest BCUT2D eigenvalue weighted by atomic mass is 16.5. The van der Waals surface area contributed by atoms with Gasteiger partial charge in [0.05, 0.1) is 0 Å². The van der Waals surface area contributed by atoms with E-state index >= 15 is 0 Å². The first-order valence-electron chi connectivity index (χ1n) is 9.47. The lowest BCUT2D eigenvalue weighted by atomic mass is 10.2. The van der Waals surface area contributed by atoms with Crippen molar-refractivity contribution in [3.8, 4) is 0 Å². The Morgan fingerprint density at radius 1 is 0.828 bits per heavy atom. The Balaban J connectivity index is 1.76. The van der Waals surface area contributed by atoms with Gasteiger partial charge in [-0.15, -0.1) is 0 Å². The molecule has 2 amide bonds. The van der Waals surface area contributed by atoms with Crippen LogP contribution in [0.3, 0.4) is 0 Å². The average molecular weight is 398 g/mol. The van der Waals surface area contributed by atoms with E-state index < -0.39 is 30.1 Å². The Morgan fingerprint density at radius 2 is 1.34 bits per heavy atom. The number of hydrogen-bond donors (Lipinski definition) is 2. The smallest absolute Gasteiger partial charge is 0.408 e. The largest absolute Gasteiger partial charge is 0.459 e. The number of esters is 1. The molecule has 2 N–H and O–H groups in total. The molecule has 0 aliphatic carbocycles. The number of rotatable bonds is 9. The van der Waals surface area contributed by atoms with Crippen molar-refractivity contribution in [3.05, 3.63) is 71.8 Å². The van der Waals surface area contributed by atoms with Gasteiger partial charge in [0.2, 0.25) is 5.91 Å². The number of carbonyl (C=O) groups excluding carboxylic acids is 3. The van der Waals surface area contributed by atoms with Gasteiger partial charge in [0.25, 0.3) is 0 Å². The number of benzene rings is 2. The van der Waals surface area contributed by atoms with E-state index in [2.05, 4.69) is 10.6 Å². The molecular weight excluding hydrogens is 372 g/mol. The highest BCUT2D eigenvalue weighted by Gasteiger charge is 2.24. The Kier molecular flexibility index (Phi) is 8.69. The lowest BCUT2D eigenvalue weighted by molar-refractivity contribution is -0.149. The minimum absolute atomic E-state index is 0.102. The molecule has 0 saturated heterocycles. The highest BCUT2D eigenvalue weighted by molar-refractivity contribution is 5.89. The predicted octanol–water partition coefficient (Wildman–Crippen LogP) is 2.94. The van der Waals surface area contributed by atoms with Crippen LogP contribution in [0.2, 0.25) is 0 Å². The molecule has 29 heavy (non-hydrogen) atoms. The summed E-state index contributed by atoms with van der Waals surface area (Å²) in [6.45, 7) is 3.51.